The third kappa shape index (κ3) is 6.56. The van der Waals surface area contributed by atoms with Gasteiger partial charge in [-0.15, -0.1) is 0 Å². The highest BCUT2D eigenvalue weighted by atomic mass is 35.5. The molecule has 0 saturated carbocycles. The molecule has 1 aliphatic heterocycles. The summed E-state index contributed by atoms with van der Waals surface area (Å²) in [5.41, 5.74) is 3.36. The lowest BCUT2D eigenvalue weighted by atomic mass is 10.1. The molecule has 1 saturated heterocycles. The fourth-order valence-corrected chi connectivity index (χ4v) is 3.58. The van der Waals surface area contributed by atoms with Gasteiger partial charge in [0.1, 0.15) is 0 Å². The number of halogens is 1. The van der Waals surface area contributed by atoms with Crippen LogP contribution in [0.5, 0.6) is 0 Å². The molecule has 144 valence electrons. The molecule has 0 unspecified atom stereocenters. The van der Waals surface area contributed by atoms with E-state index in [0.29, 0.717) is 6.54 Å². The molecule has 1 amide bonds. The zero-order valence-corrected chi connectivity index (χ0v) is 16.5. The normalized spacial score (nSPS) is 14.6. The van der Waals surface area contributed by atoms with E-state index >= 15 is 0 Å². The zero-order chi connectivity index (χ0) is 18.9. The van der Waals surface area contributed by atoms with Gasteiger partial charge in [-0.3, -0.25) is 4.79 Å². The van der Waals surface area contributed by atoms with E-state index in [2.05, 4.69) is 22.3 Å². The van der Waals surface area contributed by atoms with Crippen molar-refractivity contribution < 1.29 is 10.1 Å². The van der Waals surface area contributed by atoms with Gasteiger partial charge in [-0.25, -0.2) is 0 Å². The van der Waals surface area contributed by atoms with Gasteiger partial charge < -0.3 is 15.5 Å². The summed E-state index contributed by atoms with van der Waals surface area (Å²) >= 11 is 5.89. The number of quaternary nitrogens is 1. The van der Waals surface area contributed by atoms with Crippen molar-refractivity contribution in [2.45, 2.75) is 32.1 Å². The molecule has 1 fully saturated rings. The van der Waals surface area contributed by atoms with Crippen LogP contribution in [0.15, 0.2) is 48.5 Å². The van der Waals surface area contributed by atoms with Crippen molar-refractivity contribution in [3.8, 4) is 0 Å². The maximum Gasteiger partial charge on any atom is 0.279 e. The molecule has 4 nitrogen and oxygen atoms in total. The molecule has 1 aliphatic rings. The van der Waals surface area contributed by atoms with Gasteiger partial charge in [0, 0.05) is 35.9 Å². The van der Waals surface area contributed by atoms with Crippen molar-refractivity contribution in [1.82, 2.24) is 0 Å². The molecular formula is C22H29ClN3O+. The highest BCUT2D eigenvalue weighted by molar-refractivity contribution is 6.30. The Kier molecular flexibility index (Phi) is 7.55. The van der Waals surface area contributed by atoms with Gasteiger partial charge in [0.2, 0.25) is 0 Å². The number of nitrogens with two attached hydrogens (primary N) is 1. The molecule has 0 atom stereocenters. The fourth-order valence-electron chi connectivity index (χ4n) is 3.45. The SMILES string of the molecule is O=C(C[NH2+]CCc1ccc(Cl)cc1)Nc1ccc(N2CCCCCC2)cc1. The second kappa shape index (κ2) is 10.3. The monoisotopic (exact) mass is 386 g/mol. The first-order valence-electron chi connectivity index (χ1n) is 9.92. The number of carbonyl (C=O) groups excluding carboxylic acids is 1. The smallest absolute Gasteiger partial charge is 0.279 e. The second-order valence-corrected chi connectivity index (χ2v) is 7.59. The van der Waals surface area contributed by atoms with Crippen LogP contribution in [0, 0.1) is 0 Å². The Morgan fingerprint density at radius 2 is 1.63 bits per heavy atom. The number of amides is 1. The molecule has 27 heavy (non-hydrogen) atoms. The largest absolute Gasteiger partial charge is 0.372 e. The molecule has 3 N–H and O–H groups in total. The van der Waals surface area contributed by atoms with E-state index in [9.17, 15) is 4.79 Å². The first-order valence-corrected chi connectivity index (χ1v) is 10.3. The summed E-state index contributed by atoms with van der Waals surface area (Å²) in [6, 6.07) is 16.1. The molecular weight excluding hydrogens is 358 g/mol. The first-order chi connectivity index (χ1) is 13.2. The van der Waals surface area contributed by atoms with E-state index in [0.717, 1.165) is 36.8 Å². The highest BCUT2D eigenvalue weighted by Crippen LogP contribution is 2.21. The van der Waals surface area contributed by atoms with Crippen LogP contribution in [0.25, 0.3) is 0 Å². The van der Waals surface area contributed by atoms with E-state index in [1.165, 1.54) is 36.9 Å². The summed E-state index contributed by atoms with van der Waals surface area (Å²) in [6.45, 7) is 3.58. The average molecular weight is 387 g/mol. The summed E-state index contributed by atoms with van der Waals surface area (Å²) in [6.07, 6.45) is 6.13. The van der Waals surface area contributed by atoms with Crippen LogP contribution in [0.4, 0.5) is 11.4 Å². The topological polar surface area (TPSA) is 49.0 Å². The Hall–Kier alpha value is -2.04. The Bertz CT molecular complexity index is 707. The summed E-state index contributed by atoms with van der Waals surface area (Å²) in [5, 5.41) is 5.78. The zero-order valence-electron chi connectivity index (χ0n) is 15.8. The Labute approximate surface area is 166 Å². The number of carbonyl (C=O) groups is 1. The molecule has 3 rings (SSSR count). The molecule has 0 aromatic heterocycles. The van der Waals surface area contributed by atoms with Gasteiger partial charge in [0.05, 0.1) is 6.54 Å². The molecule has 0 aliphatic carbocycles. The van der Waals surface area contributed by atoms with Gasteiger partial charge in [-0.05, 0) is 54.8 Å². The minimum atomic E-state index is 0.0358. The van der Waals surface area contributed by atoms with Crippen molar-refractivity contribution in [3.63, 3.8) is 0 Å². The highest BCUT2D eigenvalue weighted by Gasteiger charge is 2.10. The number of hydrogen-bond donors (Lipinski definition) is 2. The third-order valence-electron chi connectivity index (χ3n) is 5.00. The minimum Gasteiger partial charge on any atom is -0.372 e. The predicted molar refractivity (Wildman–Crippen MR) is 113 cm³/mol. The van der Waals surface area contributed by atoms with Crippen molar-refractivity contribution in [1.29, 1.82) is 0 Å². The second-order valence-electron chi connectivity index (χ2n) is 7.15. The van der Waals surface area contributed by atoms with Crippen LogP contribution < -0.4 is 15.5 Å². The van der Waals surface area contributed by atoms with Gasteiger partial charge in [0.25, 0.3) is 5.91 Å². The lowest BCUT2D eigenvalue weighted by Crippen LogP contribution is -2.86. The maximum absolute atomic E-state index is 12.1. The Morgan fingerprint density at radius 1 is 0.963 bits per heavy atom. The van der Waals surface area contributed by atoms with Crippen LogP contribution >= 0.6 is 11.6 Å². The molecule has 2 aromatic carbocycles. The number of anilines is 2. The number of nitrogens with zero attached hydrogens (tertiary/aromatic N) is 1. The average Bonchev–Trinajstić information content (AvgIpc) is 2.97. The van der Waals surface area contributed by atoms with E-state index < -0.39 is 0 Å². The van der Waals surface area contributed by atoms with Gasteiger partial charge in [-0.1, -0.05) is 36.6 Å². The van der Waals surface area contributed by atoms with Crippen molar-refractivity contribution in [2.75, 3.05) is 36.4 Å². The summed E-state index contributed by atoms with van der Waals surface area (Å²) in [5.74, 6) is 0.0358. The van der Waals surface area contributed by atoms with Crippen molar-refractivity contribution in [2.24, 2.45) is 0 Å². The quantitative estimate of drug-likeness (QED) is 0.716. The van der Waals surface area contributed by atoms with Crippen molar-refractivity contribution >= 4 is 28.9 Å². The third-order valence-corrected chi connectivity index (χ3v) is 5.25. The standard InChI is InChI=1S/C22H28ClN3O/c23-19-7-5-18(6-8-19)13-14-24-17-22(27)25-20-9-11-21(12-10-20)26-15-3-1-2-4-16-26/h5-12,24H,1-4,13-17H2,(H,25,27)/p+1. The lowest BCUT2D eigenvalue weighted by molar-refractivity contribution is -0.643. The summed E-state index contributed by atoms with van der Waals surface area (Å²) in [7, 11) is 0. The fraction of sp³-hybridized carbons (Fsp3) is 0.409. The van der Waals surface area contributed by atoms with Crippen LogP contribution in [0.1, 0.15) is 31.2 Å². The van der Waals surface area contributed by atoms with Crippen LogP contribution in [0.3, 0.4) is 0 Å². The molecule has 5 heteroatoms. The van der Waals surface area contributed by atoms with Gasteiger partial charge in [-0.2, -0.15) is 0 Å². The molecule has 2 aromatic rings. The van der Waals surface area contributed by atoms with E-state index in [1.54, 1.807) is 0 Å². The van der Waals surface area contributed by atoms with E-state index in [-0.39, 0.29) is 5.91 Å². The molecule has 0 spiro atoms. The maximum atomic E-state index is 12.1. The van der Waals surface area contributed by atoms with Crippen LogP contribution in [-0.4, -0.2) is 32.1 Å². The van der Waals surface area contributed by atoms with Crippen LogP contribution in [0.2, 0.25) is 5.02 Å². The van der Waals surface area contributed by atoms with E-state index in [1.807, 2.05) is 41.7 Å². The van der Waals surface area contributed by atoms with Crippen LogP contribution in [-0.2, 0) is 11.2 Å². The number of rotatable bonds is 7. The summed E-state index contributed by atoms with van der Waals surface area (Å²) < 4.78 is 0. The molecule has 1 heterocycles. The first kappa shape index (κ1) is 19.7. The number of nitrogens with one attached hydrogen (secondary N) is 1. The number of hydrogen-bond acceptors (Lipinski definition) is 2. The number of benzene rings is 2. The molecule has 0 radical (unpaired) electrons. The van der Waals surface area contributed by atoms with E-state index in [4.69, 9.17) is 11.6 Å². The van der Waals surface area contributed by atoms with Crippen molar-refractivity contribution in [3.05, 3.63) is 59.1 Å². The lowest BCUT2D eigenvalue weighted by Gasteiger charge is -2.22. The Balaban J connectivity index is 1.39. The Morgan fingerprint density at radius 3 is 2.30 bits per heavy atom. The predicted octanol–water partition coefficient (Wildman–Crippen LogP) is 3.47. The minimum absolute atomic E-state index is 0.0358. The molecule has 0 bridgehead atoms. The van der Waals surface area contributed by atoms with Gasteiger partial charge >= 0.3 is 0 Å². The van der Waals surface area contributed by atoms with Gasteiger partial charge in [0.15, 0.2) is 6.54 Å². The summed E-state index contributed by atoms with van der Waals surface area (Å²) in [4.78, 5) is 14.6.